The summed E-state index contributed by atoms with van der Waals surface area (Å²) in [6, 6.07) is 6.26. The van der Waals surface area contributed by atoms with Crippen molar-refractivity contribution >= 4 is 5.97 Å². The van der Waals surface area contributed by atoms with Crippen molar-refractivity contribution in [3.63, 3.8) is 0 Å². The summed E-state index contributed by atoms with van der Waals surface area (Å²) in [5, 5.41) is 9.53. The molecule has 1 aliphatic heterocycles. The number of ether oxygens (including phenoxy) is 2. The smallest absolute Gasteiger partial charge is 0.305 e. The molecule has 1 fully saturated rings. The lowest BCUT2D eigenvalue weighted by atomic mass is 9.88. The molecule has 4 heteroatoms. The Labute approximate surface area is 125 Å². The van der Waals surface area contributed by atoms with E-state index in [0.29, 0.717) is 18.3 Å². The van der Waals surface area contributed by atoms with Gasteiger partial charge in [0.1, 0.15) is 11.9 Å². The summed E-state index contributed by atoms with van der Waals surface area (Å²) < 4.78 is 10.8. The van der Waals surface area contributed by atoms with Gasteiger partial charge in [-0.3, -0.25) is 4.79 Å². The molecule has 2 aliphatic rings. The van der Waals surface area contributed by atoms with Gasteiger partial charge >= 0.3 is 5.97 Å². The third kappa shape index (κ3) is 2.64. The molecule has 0 amide bonds. The highest BCUT2D eigenvalue weighted by molar-refractivity contribution is 5.69. The van der Waals surface area contributed by atoms with Crippen LogP contribution in [0.15, 0.2) is 18.2 Å². The number of aryl methyl sites for hydroxylation is 1. The number of rotatable bonds is 5. The summed E-state index contributed by atoms with van der Waals surface area (Å²) in [4.78, 5) is 11.2. The van der Waals surface area contributed by atoms with Gasteiger partial charge < -0.3 is 14.6 Å². The highest BCUT2D eigenvalue weighted by Crippen LogP contribution is 2.51. The van der Waals surface area contributed by atoms with Crippen LogP contribution >= 0.6 is 0 Å². The number of aliphatic hydroxyl groups excluding tert-OH is 1. The van der Waals surface area contributed by atoms with Gasteiger partial charge in [0.25, 0.3) is 0 Å². The van der Waals surface area contributed by atoms with Gasteiger partial charge in [-0.25, -0.2) is 0 Å². The molecular weight excluding hydrogens is 268 g/mol. The molecule has 3 unspecified atom stereocenters. The Hall–Kier alpha value is -1.55. The molecule has 1 saturated carbocycles. The van der Waals surface area contributed by atoms with Gasteiger partial charge in [0.05, 0.1) is 7.11 Å². The molecule has 1 aliphatic carbocycles. The van der Waals surface area contributed by atoms with Gasteiger partial charge in [-0.1, -0.05) is 18.2 Å². The van der Waals surface area contributed by atoms with E-state index in [2.05, 4.69) is 22.9 Å². The van der Waals surface area contributed by atoms with Crippen molar-refractivity contribution in [1.82, 2.24) is 0 Å². The van der Waals surface area contributed by atoms with E-state index in [1.165, 1.54) is 18.2 Å². The molecule has 0 saturated heterocycles. The number of carbonyl (C=O) groups excluding carboxylic acids is 1. The highest BCUT2D eigenvalue weighted by atomic mass is 16.5. The lowest BCUT2D eigenvalue weighted by molar-refractivity contribution is -0.140. The predicted molar refractivity (Wildman–Crippen MR) is 78.4 cm³/mol. The first-order valence-corrected chi connectivity index (χ1v) is 7.70. The van der Waals surface area contributed by atoms with Crippen molar-refractivity contribution in [3.8, 4) is 5.75 Å². The zero-order valence-electron chi connectivity index (χ0n) is 12.4. The number of hydrogen-bond donors (Lipinski definition) is 1. The average Bonchev–Trinajstić information content (AvgIpc) is 3.06. The van der Waals surface area contributed by atoms with Gasteiger partial charge in [0.15, 0.2) is 0 Å². The van der Waals surface area contributed by atoms with Crippen LogP contribution < -0.4 is 4.74 Å². The van der Waals surface area contributed by atoms with Crippen molar-refractivity contribution in [2.24, 2.45) is 5.92 Å². The number of hydrogen-bond acceptors (Lipinski definition) is 4. The Morgan fingerprint density at radius 2 is 2.29 bits per heavy atom. The summed E-state index contributed by atoms with van der Waals surface area (Å²) in [5.41, 5.74) is 2.41. The van der Waals surface area contributed by atoms with E-state index in [0.717, 1.165) is 31.4 Å². The molecule has 0 radical (unpaired) electrons. The van der Waals surface area contributed by atoms with E-state index >= 15 is 0 Å². The predicted octanol–water partition coefficient (Wildman–Crippen LogP) is 2.43. The Kier molecular flexibility index (Phi) is 4.15. The minimum atomic E-state index is -0.166. The molecule has 3 rings (SSSR count). The number of aliphatic hydroxyl groups is 1. The fourth-order valence-electron chi connectivity index (χ4n) is 3.72. The maximum absolute atomic E-state index is 11.2. The van der Waals surface area contributed by atoms with Crippen LogP contribution in [-0.4, -0.2) is 30.9 Å². The fourth-order valence-corrected chi connectivity index (χ4v) is 3.72. The van der Waals surface area contributed by atoms with Gasteiger partial charge in [0, 0.05) is 24.5 Å². The van der Waals surface area contributed by atoms with Gasteiger partial charge in [0.2, 0.25) is 0 Å². The molecule has 1 N–H and O–H groups in total. The number of fused-ring (bicyclic) bond motifs is 3. The summed E-state index contributed by atoms with van der Waals surface area (Å²) in [7, 11) is 1.42. The van der Waals surface area contributed by atoms with Crippen molar-refractivity contribution in [3.05, 3.63) is 29.3 Å². The van der Waals surface area contributed by atoms with Crippen LogP contribution in [0.4, 0.5) is 0 Å². The lowest BCUT2D eigenvalue weighted by Gasteiger charge is -2.15. The average molecular weight is 290 g/mol. The monoisotopic (exact) mass is 290 g/mol. The molecule has 21 heavy (non-hydrogen) atoms. The van der Waals surface area contributed by atoms with Crippen LogP contribution in [0.25, 0.3) is 0 Å². The minimum absolute atomic E-state index is 0.166. The molecule has 1 aromatic rings. The number of carbonyl (C=O) groups is 1. The second-order valence-corrected chi connectivity index (χ2v) is 5.97. The van der Waals surface area contributed by atoms with Crippen molar-refractivity contribution < 1.29 is 19.4 Å². The molecule has 0 bridgehead atoms. The first-order valence-electron chi connectivity index (χ1n) is 7.70. The van der Waals surface area contributed by atoms with E-state index in [1.54, 1.807) is 0 Å². The van der Waals surface area contributed by atoms with Crippen molar-refractivity contribution in [2.75, 3.05) is 13.7 Å². The third-order valence-electron chi connectivity index (χ3n) is 4.77. The largest absolute Gasteiger partial charge is 0.489 e. The van der Waals surface area contributed by atoms with E-state index in [9.17, 15) is 9.90 Å². The lowest BCUT2D eigenvalue weighted by Crippen LogP contribution is -2.17. The quantitative estimate of drug-likeness (QED) is 0.846. The molecule has 114 valence electrons. The molecule has 4 nitrogen and oxygen atoms in total. The number of esters is 1. The normalized spacial score (nSPS) is 26.1. The van der Waals surface area contributed by atoms with Crippen LogP contribution in [0.1, 0.15) is 42.7 Å². The summed E-state index contributed by atoms with van der Waals surface area (Å²) >= 11 is 0. The molecule has 1 heterocycles. The van der Waals surface area contributed by atoms with Crippen molar-refractivity contribution in [1.29, 1.82) is 0 Å². The topological polar surface area (TPSA) is 55.8 Å². The van der Waals surface area contributed by atoms with Crippen LogP contribution in [0.5, 0.6) is 5.75 Å². The maximum Gasteiger partial charge on any atom is 0.305 e. The van der Waals surface area contributed by atoms with Crippen LogP contribution in [0, 0.1) is 5.92 Å². The SMILES string of the molecule is COC(=O)CCCc1cccc2c1OC1CCC(CO)C21. The van der Waals surface area contributed by atoms with E-state index < -0.39 is 0 Å². The van der Waals surface area contributed by atoms with E-state index in [4.69, 9.17) is 4.74 Å². The Balaban J connectivity index is 1.74. The maximum atomic E-state index is 11.2. The minimum Gasteiger partial charge on any atom is -0.489 e. The second-order valence-electron chi connectivity index (χ2n) is 5.97. The third-order valence-corrected chi connectivity index (χ3v) is 4.77. The van der Waals surface area contributed by atoms with Gasteiger partial charge in [-0.2, -0.15) is 0 Å². The first-order chi connectivity index (χ1) is 10.2. The molecule has 3 atom stereocenters. The first kappa shape index (κ1) is 14.4. The van der Waals surface area contributed by atoms with Crippen LogP contribution in [0.2, 0.25) is 0 Å². The highest BCUT2D eigenvalue weighted by Gasteiger charge is 2.44. The van der Waals surface area contributed by atoms with Crippen LogP contribution in [-0.2, 0) is 16.0 Å². The fraction of sp³-hybridized carbons (Fsp3) is 0.588. The Bertz CT molecular complexity index is 526. The Morgan fingerprint density at radius 1 is 1.43 bits per heavy atom. The molecular formula is C17H22O4. The summed E-state index contributed by atoms with van der Waals surface area (Å²) in [5.74, 6) is 1.49. The van der Waals surface area contributed by atoms with Crippen LogP contribution in [0.3, 0.4) is 0 Å². The second kappa shape index (κ2) is 6.06. The molecule has 0 spiro atoms. The number of benzene rings is 1. The van der Waals surface area contributed by atoms with Gasteiger partial charge in [-0.05, 0) is 37.2 Å². The zero-order valence-corrected chi connectivity index (χ0v) is 12.4. The number of para-hydroxylation sites is 1. The van der Waals surface area contributed by atoms with Gasteiger partial charge in [-0.15, -0.1) is 0 Å². The zero-order chi connectivity index (χ0) is 14.8. The Morgan fingerprint density at radius 3 is 3.05 bits per heavy atom. The number of methoxy groups -OCH3 is 1. The van der Waals surface area contributed by atoms with E-state index in [-0.39, 0.29) is 18.7 Å². The summed E-state index contributed by atoms with van der Waals surface area (Å²) in [6.45, 7) is 0.233. The molecule has 0 aromatic heterocycles. The van der Waals surface area contributed by atoms with E-state index in [1.807, 2.05) is 0 Å². The van der Waals surface area contributed by atoms with Crippen molar-refractivity contribution in [2.45, 2.75) is 44.1 Å². The standard InChI is InChI=1S/C17H22O4/c1-20-15(19)7-3-5-11-4-2-6-13-16-12(10-18)8-9-14(16)21-17(11)13/h2,4,6,12,14,16,18H,3,5,7-10H2,1H3. The molecule has 1 aromatic carbocycles. The summed E-state index contributed by atoms with van der Waals surface area (Å²) in [6.07, 6.45) is 4.31.